The zero-order valence-corrected chi connectivity index (χ0v) is 11.8. The average molecular weight is 308 g/mol. The molecule has 5 N–H and O–H groups in total. The van der Waals surface area contributed by atoms with Gasteiger partial charge in [0, 0.05) is 40.5 Å². The lowest BCUT2D eigenvalue weighted by molar-refractivity contribution is 0.101. The number of phenolic OH excluding ortho intramolecular Hbond substituents is 2. The van der Waals surface area contributed by atoms with Crippen molar-refractivity contribution in [3.63, 3.8) is 0 Å². The molecule has 23 heavy (non-hydrogen) atoms. The van der Waals surface area contributed by atoms with Crippen molar-refractivity contribution >= 4 is 28.4 Å². The molecule has 2 aromatic carbocycles. The molecule has 1 aliphatic heterocycles. The monoisotopic (exact) mass is 308 g/mol. The van der Waals surface area contributed by atoms with Gasteiger partial charge in [0.05, 0.1) is 0 Å². The molecule has 2 heterocycles. The highest BCUT2D eigenvalue weighted by molar-refractivity contribution is 6.17. The topological polar surface area (TPSA) is 109 Å². The molecule has 0 aliphatic carbocycles. The van der Waals surface area contributed by atoms with Gasteiger partial charge in [-0.25, -0.2) is 0 Å². The molecule has 114 valence electrons. The normalized spacial score (nSPS) is 15.1. The van der Waals surface area contributed by atoms with E-state index in [9.17, 15) is 15.0 Å². The Labute approximate surface area is 130 Å². The van der Waals surface area contributed by atoms with Crippen LogP contribution in [0.1, 0.15) is 15.9 Å². The number of nitrogens with two attached hydrogens (primary N) is 1. The second-order valence-corrected chi connectivity index (χ2v) is 5.29. The highest BCUT2D eigenvalue weighted by atomic mass is 16.5. The van der Waals surface area contributed by atoms with Crippen LogP contribution in [0.15, 0.2) is 42.3 Å². The van der Waals surface area contributed by atoms with Crippen LogP contribution in [-0.4, -0.2) is 21.0 Å². The predicted molar refractivity (Wildman–Crippen MR) is 85.4 cm³/mol. The Morgan fingerprint density at radius 3 is 2.87 bits per heavy atom. The molecule has 0 spiro atoms. The summed E-state index contributed by atoms with van der Waals surface area (Å²) in [6.45, 7) is 0. The summed E-state index contributed by atoms with van der Waals surface area (Å²) in [5, 5.41) is 20.1. The number of anilines is 1. The maximum absolute atomic E-state index is 12.4. The smallest absolute Gasteiger partial charge is 0.235 e. The third-order valence-electron chi connectivity index (χ3n) is 3.79. The fourth-order valence-electron chi connectivity index (χ4n) is 2.77. The van der Waals surface area contributed by atoms with Crippen molar-refractivity contribution in [1.82, 2.24) is 4.98 Å². The fourth-order valence-corrected chi connectivity index (χ4v) is 2.77. The van der Waals surface area contributed by atoms with E-state index in [-0.39, 0.29) is 28.6 Å². The third kappa shape index (κ3) is 1.92. The largest absolute Gasteiger partial charge is 0.508 e. The van der Waals surface area contributed by atoms with Crippen molar-refractivity contribution in [3.8, 4) is 17.2 Å². The summed E-state index contributed by atoms with van der Waals surface area (Å²) in [4.78, 5) is 15.5. The molecule has 6 nitrogen and oxygen atoms in total. The van der Waals surface area contributed by atoms with Crippen molar-refractivity contribution < 1.29 is 19.7 Å². The summed E-state index contributed by atoms with van der Waals surface area (Å²) in [6.07, 6.45) is 3.29. The highest BCUT2D eigenvalue weighted by Gasteiger charge is 2.31. The molecule has 1 aromatic heterocycles. The van der Waals surface area contributed by atoms with E-state index in [4.69, 9.17) is 10.5 Å². The number of hydrogen-bond donors (Lipinski definition) is 4. The summed E-state index contributed by atoms with van der Waals surface area (Å²) >= 11 is 0. The number of carbonyl (C=O) groups is 1. The second-order valence-electron chi connectivity index (χ2n) is 5.29. The molecule has 0 bridgehead atoms. The molecule has 0 fully saturated rings. The summed E-state index contributed by atoms with van der Waals surface area (Å²) in [7, 11) is 0. The number of ether oxygens (including phenoxy) is 1. The summed E-state index contributed by atoms with van der Waals surface area (Å²) < 4.78 is 5.48. The van der Waals surface area contributed by atoms with Crippen LogP contribution in [-0.2, 0) is 0 Å². The molecule has 1 aliphatic rings. The van der Waals surface area contributed by atoms with E-state index in [2.05, 4.69) is 4.98 Å². The first-order valence-electron chi connectivity index (χ1n) is 6.90. The number of nitrogen functional groups attached to an aromatic ring is 1. The lowest BCUT2D eigenvalue weighted by Gasteiger charge is -2.00. The van der Waals surface area contributed by atoms with Crippen LogP contribution < -0.4 is 10.5 Å². The van der Waals surface area contributed by atoms with Crippen molar-refractivity contribution in [3.05, 3.63) is 53.4 Å². The van der Waals surface area contributed by atoms with Gasteiger partial charge in [0.2, 0.25) is 5.78 Å². The number of ketones is 1. The standard InChI is InChI=1S/C17H12N2O4/c18-10-2-1-3-11-15(10)8(7-19-11)4-14-17(22)16-12(21)5-9(20)6-13(16)23-14/h1-7,19-21H,18H2/b14-4-. The Balaban J connectivity index is 1.84. The van der Waals surface area contributed by atoms with E-state index in [0.717, 1.165) is 17.0 Å². The van der Waals surface area contributed by atoms with E-state index in [0.29, 0.717) is 11.3 Å². The second kappa shape index (κ2) is 4.54. The number of nitrogens with one attached hydrogen (secondary N) is 1. The molecule has 0 saturated carbocycles. The summed E-state index contributed by atoms with van der Waals surface area (Å²) in [5.41, 5.74) is 8.17. The number of benzene rings is 2. The van der Waals surface area contributed by atoms with Gasteiger partial charge in [-0.1, -0.05) is 6.07 Å². The van der Waals surface area contributed by atoms with E-state index in [1.807, 2.05) is 12.1 Å². The van der Waals surface area contributed by atoms with E-state index in [1.165, 1.54) is 6.07 Å². The number of aromatic amines is 1. The molecule has 6 heteroatoms. The van der Waals surface area contributed by atoms with Crippen LogP contribution in [0.4, 0.5) is 5.69 Å². The van der Waals surface area contributed by atoms with Gasteiger partial charge >= 0.3 is 0 Å². The molecule has 0 atom stereocenters. The van der Waals surface area contributed by atoms with Gasteiger partial charge in [-0.2, -0.15) is 0 Å². The molecular formula is C17H12N2O4. The quantitative estimate of drug-likeness (QED) is 0.408. The van der Waals surface area contributed by atoms with Crippen molar-refractivity contribution in [1.29, 1.82) is 0 Å². The van der Waals surface area contributed by atoms with E-state index < -0.39 is 5.78 Å². The van der Waals surface area contributed by atoms with Gasteiger partial charge in [0.1, 0.15) is 22.8 Å². The molecule has 0 unspecified atom stereocenters. The molecule has 3 aromatic rings. The number of phenols is 2. The molecular weight excluding hydrogens is 296 g/mol. The number of hydrogen-bond acceptors (Lipinski definition) is 5. The van der Waals surface area contributed by atoms with Crippen LogP contribution in [0, 0.1) is 0 Å². The van der Waals surface area contributed by atoms with E-state index >= 15 is 0 Å². The number of allylic oxidation sites excluding steroid dienone is 1. The van der Waals surface area contributed by atoms with E-state index in [1.54, 1.807) is 18.3 Å². The van der Waals surface area contributed by atoms with Crippen LogP contribution in [0.5, 0.6) is 17.2 Å². The maximum Gasteiger partial charge on any atom is 0.235 e. The van der Waals surface area contributed by atoms with Crippen LogP contribution in [0.2, 0.25) is 0 Å². The van der Waals surface area contributed by atoms with Gasteiger partial charge in [-0.3, -0.25) is 4.79 Å². The SMILES string of the molecule is Nc1cccc2[nH]cc(/C=C3\Oc4cc(O)cc(O)c4C3=O)c12. The fraction of sp³-hybridized carbons (Fsp3) is 0. The predicted octanol–water partition coefficient (Wildman–Crippen LogP) is 2.78. The summed E-state index contributed by atoms with van der Waals surface area (Å²) in [5.74, 6) is -0.739. The number of carbonyl (C=O) groups excluding carboxylic acids is 1. The minimum atomic E-state index is -0.443. The minimum absolute atomic E-state index is 0.0434. The summed E-state index contributed by atoms with van der Waals surface area (Å²) in [6, 6.07) is 7.88. The Hall–Kier alpha value is -3.41. The number of Topliss-reactive ketones (excluding diaryl/α,β-unsaturated/α-hetero) is 1. The Kier molecular flexibility index (Phi) is 2.62. The molecule has 0 radical (unpaired) electrons. The van der Waals surface area contributed by atoms with Crippen LogP contribution in [0.25, 0.3) is 17.0 Å². The van der Waals surface area contributed by atoms with Crippen molar-refractivity contribution in [2.24, 2.45) is 0 Å². The Morgan fingerprint density at radius 1 is 1.22 bits per heavy atom. The average Bonchev–Trinajstić information content (AvgIpc) is 3.03. The zero-order valence-electron chi connectivity index (χ0n) is 11.8. The van der Waals surface area contributed by atoms with Crippen molar-refractivity contribution in [2.45, 2.75) is 0 Å². The van der Waals surface area contributed by atoms with Crippen LogP contribution >= 0.6 is 0 Å². The Morgan fingerprint density at radius 2 is 2.04 bits per heavy atom. The first-order chi connectivity index (χ1) is 11.0. The lowest BCUT2D eigenvalue weighted by atomic mass is 10.1. The van der Waals surface area contributed by atoms with Crippen LogP contribution in [0.3, 0.4) is 0 Å². The zero-order chi connectivity index (χ0) is 16.1. The van der Waals surface area contributed by atoms with Gasteiger partial charge in [0.15, 0.2) is 5.76 Å². The van der Waals surface area contributed by atoms with Gasteiger partial charge in [-0.15, -0.1) is 0 Å². The van der Waals surface area contributed by atoms with Gasteiger partial charge in [-0.05, 0) is 18.2 Å². The number of fused-ring (bicyclic) bond motifs is 2. The third-order valence-corrected chi connectivity index (χ3v) is 3.79. The maximum atomic E-state index is 12.4. The highest BCUT2D eigenvalue weighted by Crippen LogP contribution is 2.41. The van der Waals surface area contributed by atoms with Gasteiger partial charge < -0.3 is 25.7 Å². The number of H-pyrrole nitrogens is 1. The number of aromatic nitrogens is 1. The number of aromatic hydroxyl groups is 2. The Bertz CT molecular complexity index is 1000. The van der Waals surface area contributed by atoms with Crippen molar-refractivity contribution in [2.75, 3.05) is 5.73 Å². The molecule has 0 amide bonds. The first kappa shape index (κ1) is 13.3. The molecule has 0 saturated heterocycles. The minimum Gasteiger partial charge on any atom is -0.508 e. The lowest BCUT2D eigenvalue weighted by Crippen LogP contribution is -1.98. The first-order valence-corrected chi connectivity index (χ1v) is 6.90. The molecule has 4 rings (SSSR count). The number of rotatable bonds is 1. The van der Waals surface area contributed by atoms with Gasteiger partial charge in [0.25, 0.3) is 0 Å².